The summed E-state index contributed by atoms with van der Waals surface area (Å²) < 4.78 is 1.83. The summed E-state index contributed by atoms with van der Waals surface area (Å²) in [5, 5.41) is 7.68. The van der Waals surface area contributed by atoms with Crippen LogP contribution < -0.4 is 5.32 Å². The van der Waals surface area contributed by atoms with Crippen molar-refractivity contribution in [2.24, 2.45) is 0 Å². The van der Waals surface area contributed by atoms with Crippen LogP contribution in [0.1, 0.15) is 19.0 Å². The third kappa shape index (κ3) is 2.27. The molecule has 0 aromatic carbocycles. The van der Waals surface area contributed by atoms with E-state index in [-0.39, 0.29) is 0 Å². The van der Waals surface area contributed by atoms with E-state index in [0.717, 1.165) is 23.4 Å². The first-order valence-corrected chi connectivity index (χ1v) is 5.87. The lowest BCUT2D eigenvalue weighted by molar-refractivity contribution is 0.763. The van der Waals surface area contributed by atoms with Crippen molar-refractivity contribution in [1.82, 2.24) is 14.6 Å². The molecule has 0 aliphatic rings. The number of hydrogen-bond donors (Lipinski definition) is 1. The minimum atomic E-state index is 0.311. The average Bonchev–Trinajstić information content (AvgIpc) is 2.60. The van der Waals surface area contributed by atoms with Crippen molar-refractivity contribution in [3.05, 3.63) is 24.2 Å². The normalized spacial score (nSPS) is 12.9. The van der Waals surface area contributed by atoms with Crippen molar-refractivity contribution in [3.63, 3.8) is 0 Å². The Morgan fingerprint density at radius 3 is 3.12 bits per heavy atom. The van der Waals surface area contributed by atoms with E-state index < -0.39 is 0 Å². The molecule has 86 valence electrons. The smallest absolute Gasteiger partial charge is 0.152 e. The van der Waals surface area contributed by atoms with Gasteiger partial charge in [0.05, 0.1) is 5.69 Å². The van der Waals surface area contributed by atoms with Gasteiger partial charge in [0.15, 0.2) is 5.82 Å². The van der Waals surface area contributed by atoms with Gasteiger partial charge >= 0.3 is 0 Å². The molecule has 0 bridgehead atoms. The average molecular weight is 239 g/mol. The molecule has 4 nitrogen and oxygen atoms in total. The van der Waals surface area contributed by atoms with Crippen LogP contribution in [0, 0.1) is 6.92 Å². The van der Waals surface area contributed by atoms with Gasteiger partial charge in [-0.15, -0.1) is 11.6 Å². The lowest BCUT2D eigenvalue weighted by Gasteiger charge is -2.13. The van der Waals surface area contributed by atoms with Crippen molar-refractivity contribution in [2.45, 2.75) is 26.3 Å². The van der Waals surface area contributed by atoms with Gasteiger partial charge in [-0.05, 0) is 26.3 Å². The first kappa shape index (κ1) is 11.2. The van der Waals surface area contributed by atoms with Crippen LogP contribution in [0.5, 0.6) is 0 Å². The largest absolute Gasteiger partial charge is 0.366 e. The highest BCUT2D eigenvalue weighted by atomic mass is 35.5. The van der Waals surface area contributed by atoms with E-state index in [1.54, 1.807) is 6.20 Å². The summed E-state index contributed by atoms with van der Waals surface area (Å²) in [6.45, 7) is 4.07. The molecule has 16 heavy (non-hydrogen) atoms. The molecular weight excluding hydrogens is 224 g/mol. The van der Waals surface area contributed by atoms with Gasteiger partial charge < -0.3 is 5.32 Å². The third-order valence-corrected chi connectivity index (χ3v) is 2.66. The number of nitrogens with one attached hydrogen (secondary N) is 1. The van der Waals surface area contributed by atoms with E-state index >= 15 is 0 Å². The van der Waals surface area contributed by atoms with Crippen molar-refractivity contribution in [1.29, 1.82) is 0 Å². The molecule has 2 heterocycles. The molecule has 5 heteroatoms. The molecule has 0 fully saturated rings. The second-order valence-electron chi connectivity index (χ2n) is 3.91. The first-order chi connectivity index (χ1) is 7.70. The summed E-state index contributed by atoms with van der Waals surface area (Å²) in [6.07, 6.45) is 4.51. The van der Waals surface area contributed by atoms with E-state index in [1.165, 1.54) is 0 Å². The van der Waals surface area contributed by atoms with Gasteiger partial charge in [-0.2, -0.15) is 5.10 Å². The molecule has 0 spiro atoms. The molecule has 1 unspecified atom stereocenters. The minimum absolute atomic E-state index is 0.311. The quantitative estimate of drug-likeness (QED) is 0.833. The fourth-order valence-electron chi connectivity index (χ4n) is 1.62. The monoisotopic (exact) mass is 238 g/mol. The minimum Gasteiger partial charge on any atom is -0.366 e. The highest BCUT2D eigenvalue weighted by molar-refractivity contribution is 6.17. The van der Waals surface area contributed by atoms with Crippen LogP contribution in [0.3, 0.4) is 0 Å². The maximum atomic E-state index is 5.71. The van der Waals surface area contributed by atoms with Crippen LogP contribution >= 0.6 is 11.6 Å². The number of alkyl halides is 1. The first-order valence-electron chi connectivity index (χ1n) is 5.34. The van der Waals surface area contributed by atoms with E-state index in [0.29, 0.717) is 11.9 Å². The van der Waals surface area contributed by atoms with Crippen LogP contribution in [0.2, 0.25) is 0 Å². The van der Waals surface area contributed by atoms with E-state index in [2.05, 4.69) is 22.3 Å². The summed E-state index contributed by atoms with van der Waals surface area (Å²) in [5.74, 6) is 1.51. The Balaban J connectivity index is 2.29. The molecule has 0 aliphatic carbocycles. The zero-order chi connectivity index (χ0) is 11.5. The van der Waals surface area contributed by atoms with E-state index in [9.17, 15) is 0 Å². The fourth-order valence-corrected chi connectivity index (χ4v) is 1.95. The van der Waals surface area contributed by atoms with Gasteiger partial charge in [-0.3, -0.25) is 0 Å². The maximum Gasteiger partial charge on any atom is 0.152 e. The van der Waals surface area contributed by atoms with Crippen molar-refractivity contribution < 1.29 is 0 Å². The van der Waals surface area contributed by atoms with Crippen LogP contribution in [-0.4, -0.2) is 26.5 Å². The molecule has 0 amide bonds. The van der Waals surface area contributed by atoms with Crippen LogP contribution in [-0.2, 0) is 0 Å². The third-order valence-electron chi connectivity index (χ3n) is 2.44. The van der Waals surface area contributed by atoms with E-state index in [1.807, 2.05) is 23.7 Å². The number of aryl methyl sites for hydroxylation is 1. The number of aromatic nitrogens is 3. The molecular formula is C11H15ClN4. The molecule has 1 atom stereocenters. The molecule has 0 saturated heterocycles. The second kappa shape index (κ2) is 4.70. The summed E-state index contributed by atoms with van der Waals surface area (Å²) in [4.78, 5) is 4.33. The highest BCUT2D eigenvalue weighted by Crippen LogP contribution is 2.16. The number of nitrogens with zero attached hydrogens (tertiary/aromatic N) is 3. The molecule has 2 aromatic heterocycles. The van der Waals surface area contributed by atoms with Crippen LogP contribution in [0.25, 0.3) is 5.52 Å². The lowest BCUT2D eigenvalue weighted by Crippen LogP contribution is -2.17. The number of anilines is 1. The Kier molecular flexibility index (Phi) is 3.29. The van der Waals surface area contributed by atoms with E-state index in [4.69, 9.17) is 11.6 Å². The molecule has 2 rings (SSSR count). The molecule has 0 radical (unpaired) electrons. The topological polar surface area (TPSA) is 42.2 Å². The molecule has 1 N–H and O–H groups in total. The summed E-state index contributed by atoms with van der Waals surface area (Å²) in [7, 11) is 0. The van der Waals surface area contributed by atoms with Crippen molar-refractivity contribution in [2.75, 3.05) is 11.2 Å². The van der Waals surface area contributed by atoms with Gasteiger partial charge in [0, 0.05) is 24.3 Å². The van der Waals surface area contributed by atoms with Crippen molar-refractivity contribution in [3.8, 4) is 0 Å². The number of halogens is 1. The Morgan fingerprint density at radius 1 is 1.56 bits per heavy atom. The number of hydrogen-bond acceptors (Lipinski definition) is 3. The second-order valence-corrected chi connectivity index (χ2v) is 4.29. The van der Waals surface area contributed by atoms with Gasteiger partial charge in [0.1, 0.15) is 5.52 Å². The molecule has 0 aliphatic heterocycles. The van der Waals surface area contributed by atoms with Crippen LogP contribution in [0.4, 0.5) is 5.82 Å². The van der Waals surface area contributed by atoms with Gasteiger partial charge in [-0.1, -0.05) is 0 Å². The predicted molar refractivity (Wildman–Crippen MR) is 66.1 cm³/mol. The Morgan fingerprint density at radius 2 is 2.38 bits per heavy atom. The zero-order valence-corrected chi connectivity index (χ0v) is 10.2. The summed E-state index contributed by atoms with van der Waals surface area (Å²) >= 11 is 5.71. The Labute approximate surface area is 99.6 Å². The maximum absolute atomic E-state index is 5.71. The molecule has 2 aromatic rings. The standard InChI is InChI=1S/C11H15ClN4/c1-8(3-4-12)14-11-10-7-9(2)15-16(10)6-5-13-11/h5-8H,3-4H2,1-2H3,(H,13,14). The van der Waals surface area contributed by atoms with Gasteiger partial charge in [-0.25, -0.2) is 9.50 Å². The van der Waals surface area contributed by atoms with Gasteiger partial charge in [0.25, 0.3) is 0 Å². The SMILES string of the molecule is Cc1cc2c(NC(C)CCCl)nccn2n1. The fraction of sp³-hybridized carbons (Fsp3) is 0.455. The Hall–Kier alpha value is -1.29. The number of fused-ring (bicyclic) bond motifs is 1. The Bertz CT molecular complexity index is 480. The highest BCUT2D eigenvalue weighted by Gasteiger charge is 2.07. The number of rotatable bonds is 4. The molecule has 0 saturated carbocycles. The zero-order valence-electron chi connectivity index (χ0n) is 9.44. The summed E-state index contributed by atoms with van der Waals surface area (Å²) in [6, 6.07) is 2.33. The van der Waals surface area contributed by atoms with Crippen LogP contribution in [0.15, 0.2) is 18.5 Å². The summed E-state index contributed by atoms with van der Waals surface area (Å²) in [5.41, 5.74) is 1.99. The van der Waals surface area contributed by atoms with Crippen molar-refractivity contribution >= 4 is 22.9 Å². The van der Waals surface area contributed by atoms with Gasteiger partial charge in [0.2, 0.25) is 0 Å². The lowest BCUT2D eigenvalue weighted by atomic mass is 10.2. The predicted octanol–water partition coefficient (Wildman–Crippen LogP) is 2.47.